The van der Waals surface area contributed by atoms with Crippen molar-refractivity contribution < 1.29 is 4.79 Å². The summed E-state index contributed by atoms with van der Waals surface area (Å²) in [6.07, 6.45) is 13.8. The SMILES string of the molecule is C/C=C1/CCC2C3CCC4CC(=O)CCC4C3CCC12C.CC.CC. The van der Waals surface area contributed by atoms with E-state index in [0.29, 0.717) is 11.2 Å². The zero-order valence-electron chi connectivity index (χ0n) is 17.7. The maximum Gasteiger partial charge on any atom is 0.133 e. The van der Waals surface area contributed by atoms with Crippen LogP contribution in [0.2, 0.25) is 0 Å². The first kappa shape index (κ1) is 20.7. The molecular weight excluding hydrogens is 304 g/mol. The lowest BCUT2D eigenvalue weighted by molar-refractivity contribution is -0.126. The van der Waals surface area contributed by atoms with Crippen LogP contribution in [0.1, 0.15) is 99.3 Å². The molecule has 4 aliphatic carbocycles. The first-order chi connectivity index (χ1) is 12.1. The van der Waals surface area contributed by atoms with Gasteiger partial charge in [-0.3, -0.25) is 4.79 Å². The summed E-state index contributed by atoms with van der Waals surface area (Å²) in [5.41, 5.74) is 2.28. The van der Waals surface area contributed by atoms with Crippen molar-refractivity contribution in [1.29, 1.82) is 0 Å². The number of ketones is 1. The molecule has 0 radical (unpaired) electrons. The molecule has 0 N–H and O–H groups in total. The highest BCUT2D eigenvalue weighted by molar-refractivity contribution is 5.79. The molecule has 0 aromatic carbocycles. The average Bonchev–Trinajstić information content (AvgIpc) is 3.01. The molecule has 4 saturated carbocycles. The first-order valence-electron chi connectivity index (χ1n) is 11.3. The van der Waals surface area contributed by atoms with Gasteiger partial charge in [0.1, 0.15) is 5.78 Å². The Morgan fingerprint density at radius 2 is 1.60 bits per heavy atom. The highest BCUT2D eigenvalue weighted by atomic mass is 16.1. The van der Waals surface area contributed by atoms with Crippen molar-refractivity contribution >= 4 is 5.78 Å². The predicted octanol–water partition coefficient (Wildman–Crippen LogP) is 7.21. The third-order valence-corrected chi connectivity index (χ3v) is 7.96. The van der Waals surface area contributed by atoms with Crippen molar-refractivity contribution in [3.05, 3.63) is 11.6 Å². The molecule has 0 aliphatic heterocycles. The average molecular weight is 347 g/mol. The van der Waals surface area contributed by atoms with Gasteiger partial charge in [-0.1, -0.05) is 46.3 Å². The first-order valence-corrected chi connectivity index (χ1v) is 11.3. The third-order valence-electron chi connectivity index (χ3n) is 7.96. The van der Waals surface area contributed by atoms with Crippen molar-refractivity contribution in [3.63, 3.8) is 0 Å². The molecule has 1 heteroatoms. The van der Waals surface area contributed by atoms with Gasteiger partial charge in [-0.25, -0.2) is 0 Å². The second-order valence-corrected chi connectivity index (χ2v) is 8.53. The molecular formula is C24H42O. The smallest absolute Gasteiger partial charge is 0.133 e. The number of hydrogen-bond acceptors (Lipinski definition) is 1. The van der Waals surface area contributed by atoms with E-state index in [1.807, 2.05) is 27.7 Å². The molecule has 1 nitrogen and oxygen atoms in total. The summed E-state index contributed by atoms with van der Waals surface area (Å²) >= 11 is 0. The van der Waals surface area contributed by atoms with Gasteiger partial charge in [0.15, 0.2) is 0 Å². The van der Waals surface area contributed by atoms with Crippen molar-refractivity contribution in [1.82, 2.24) is 0 Å². The highest BCUT2D eigenvalue weighted by Gasteiger charge is 2.54. The normalized spacial score (nSPS) is 43.7. The van der Waals surface area contributed by atoms with Gasteiger partial charge in [-0.15, -0.1) is 0 Å². The van der Waals surface area contributed by atoms with Gasteiger partial charge in [-0.05, 0) is 86.9 Å². The number of carbonyl (C=O) groups excluding carboxylic acids is 1. The topological polar surface area (TPSA) is 17.1 Å². The lowest BCUT2D eigenvalue weighted by Gasteiger charge is -2.54. The molecule has 0 saturated heterocycles. The van der Waals surface area contributed by atoms with E-state index in [0.717, 1.165) is 42.4 Å². The van der Waals surface area contributed by atoms with Crippen LogP contribution in [0, 0.1) is 35.0 Å². The van der Waals surface area contributed by atoms with E-state index in [-0.39, 0.29) is 0 Å². The van der Waals surface area contributed by atoms with E-state index in [4.69, 9.17) is 0 Å². The third kappa shape index (κ3) is 3.62. The molecule has 4 fully saturated rings. The highest BCUT2D eigenvalue weighted by Crippen LogP contribution is 2.63. The molecule has 6 unspecified atom stereocenters. The van der Waals surface area contributed by atoms with Crippen molar-refractivity contribution in [3.8, 4) is 0 Å². The van der Waals surface area contributed by atoms with Crippen LogP contribution in [0.25, 0.3) is 0 Å². The molecule has 0 aromatic heterocycles. The van der Waals surface area contributed by atoms with Gasteiger partial charge >= 0.3 is 0 Å². The van der Waals surface area contributed by atoms with Gasteiger partial charge < -0.3 is 0 Å². The molecule has 0 amide bonds. The molecule has 4 rings (SSSR count). The molecule has 0 spiro atoms. The largest absolute Gasteiger partial charge is 0.300 e. The molecule has 144 valence electrons. The van der Waals surface area contributed by atoms with Gasteiger partial charge in [0.2, 0.25) is 0 Å². The summed E-state index contributed by atoms with van der Waals surface area (Å²) in [5.74, 6) is 5.05. The molecule has 25 heavy (non-hydrogen) atoms. The Labute approximate surface area is 157 Å². The van der Waals surface area contributed by atoms with E-state index in [9.17, 15) is 4.79 Å². The predicted molar refractivity (Wildman–Crippen MR) is 109 cm³/mol. The van der Waals surface area contributed by atoms with Crippen LogP contribution in [0.5, 0.6) is 0 Å². The number of fused-ring (bicyclic) bond motifs is 5. The monoisotopic (exact) mass is 346 g/mol. The fourth-order valence-corrected chi connectivity index (χ4v) is 6.98. The van der Waals surface area contributed by atoms with E-state index in [1.165, 1.54) is 44.9 Å². The van der Waals surface area contributed by atoms with Crippen molar-refractivity contribution in [2.45, 2.75) is 99.3 Å². The zero-order chi connectivity index (χ0) is 18.6. The van der Waals surface area contributed by atoms with E-state index in [2.05, 4.69) is 19.9 Å². The van der Waals surface area contributed by atoms with Crippen LogP contribution in [-0.4, -0.2) is 5.78 Å². The zero-order valence-corrected chi connectivity index (χ0v) is 17.7. The maximum atomic E-state index is 11.8. The van der Waals surface area contributed by atoms with Crippen LogP contribution in [0.3, 0.4) is 0 Å². The minimum atomic E-state index is 0.521. The Morgan fingerprint density at radius 1 is 0.880 bits per heavy atom. The quantitative estimate of drug-likeness (QED) is 0.424. The van der Waals surface area contributed by atoms with E-state index < -0.39 is 0 Å². The standard InChI is InChI=1S/C20H30O.2C2H6/c1-3-14-5-9-19-18-7-4-13-12-15(21)6-8-16(13)17(18)10-11-20(14,19)2;2*1-2/h3,13,16-19H,4-12H2,1-2H3;2*1-2H3/b14-3-;;. The fourth-order valence-electron chi connectivity index (χ4n) is 6.98. The van der Waals surface area contributed by atoms with Gasteiger partial charge in [0.05, 0.1) is 0 Å². The Bertz CT molecular complexity index is 476. The number of rotatable bonds is 0. The summed E-state index contributed by atoms with van der Waals surface area (Å²) in [7, 11) is 0. The number of carbonyl (C=O) groups is 1. The fraction of sp³-hybridized carbons (Fsp3) is 0.875. The van der Waals surface area contributed by atoms with E-state index in [1.54, 1.807) is 5.57 Å². The summed E-state index contributed by atoms with van der Waals surface area (Å²) in [5, 5.41) is 0. The number of hydrogen-bond donors (Lipinski definition) is 0. The van der Waals surface area contributed by atoms with Crippen LogP contribution in [-0.2, 0) is 4.79 Å². The molecule has 6 atom stereocenters. The Morgan fingerprint density at radius 3 is 2.28 bits per heavy atom. The summed E-state index contributed by atoms with van der Waals surface area (Å²) in [4.78, 5) is 11.8. The lowest BCUT2D eigenvalue weighted by atomic mass is 9.50. The molecule has 0 bridgehead atoms. The van der Waals surface area contributed by atoms with Crippen LogP contribution >= 0.6 is 0 Å². The lowest BCUT2D eigenvalue weighted by Crippen LogP contribution is -2.47. The molecule has 0 heterocycles. The van der Waals surface area contributed by atoms with Crippen LogP contribution < -0.4 is 0 Å². The minimum absolute atomic E-state index is 0.521. The van der Waals surface area contributed by atoms with Crippen LogP contribution in [0.4, 0.5) is 0 Å². The second kappa shape index (κ2) is 8.87. The summed E-state index contributed by atoms with van der Waals surface area (Å²) < 4.78 is 0. The second-order valence-electron chi connectivity index (χ2n) is 8.53. The van der Waals surface area contributed by atoms with Gasteiger partial charge in [0, 0.05) is 12.8 Å². The van der Waals surface area contributed by atoms with Crippen LogP contribution in [0.15, 0.2) is 11.6 Å². The molecule has 0 aromatic rings. The van der Waals surface area contributed by atoms with E-state index >= 15 is 0 Å². The summed E-state index contributed by atoms with van der Waals surface area (Å²) in [6.45, 7) is 12.8. The van der Waals surface area contributed by atoms with Crippen molar-refractivity contribution in [2.24, 2.45) is 35.0 Å². The number of Topliss-reactive ketones (excluding diaryl/α,β-unsaturated/α-hetero) is 1. The Hall–Kier alpha value is -0.590. The minimum Gasteiger partial charge on any atom is -0.300 e. The Kier molecular flexibility index (Phi) is 7.35. The van der Waals surface area contributed by atoms with Gasteiger partial charge in [0.25, 0.3) is 0 Å². The van der Waals surface area contributed by atoms with Crippen molar-refractivity contribution in [2.75, 3.05) is 0 Å². The Balaban J connectivity index is 0.000000528. The summed E-state index contributed by atoms with van der Waals surface area (Å²) in [6, 6.07) is 0. The maximum absolute atomic E-state index is 11.8. The molecule has 4 aliphatic rings. The number of allylic oxidation sites excluding steroid dienone is 2. The van der Waals surface area contributed by atoms with Gasteiger partial charge in [-0.2, -0.15) is 0 Å².